The second kappa shape index (κ2) is 6.28. The minimum absolute atomic E-state index is 0. The molecule has 0 saturated carbocycles. The zero-order valence-electron chi connectivity index (χ0n) is 3.00. The van der Waals surface area contributed by atoms with E-state index in [1.165, 1.54) is 0 Å². The Balaban J connectivity index is -0.0000000800. The normalized spacial score (nSPS) is 8.57. The number of hydrogen-bond acceptors (Lipinski definition) is 4. The molecule has 4 N–H and O–H groups in total. The van der Waals surface area contributed by atoms with Gasteiger partial charge in [-0.3, -0.25) is 0 Å². The topological polar surface area (TPSA) is 80.9 Å². The molecule has 0 aliphatic rings. The molecule has 0 aliphatic heterocycles. The van der Waals surface area contributed by atoms with Crippen LogP contribution in [0.2, 0.25) is 0 Å². The van der Waals surface area contributed by atoms with E-state index in [4.69, 9.17) is 19.2 Å². The van der Waals surface area contributed by atoms with Gasteiger partial charge in [0.15, 0.2) is 0 Å². The quantitative estimate of drug-likeness (QED) is 0.336. The van der Waals surface area contributed by atoms with E-state index in [0.29, 0.717) is 0 Å². The zero-order chi connectivity index (χ0) is 4.50. The number of hydrogen-bond donors (Lipinski definition) is 4. The summed E-state index contributed by atoms with van der Waals surface area (Å²) >= 11 is 0. The minimum atomic E-state index is -4.61. The van der Waals surface area contributed by atoms with Gasteiger partial charge in [-0.2, -0.15) is 0 Å². The van der Waals surface area contributed by atoms with Crippen LogP contribution in [-0.2, 0) is 19.5 Å². The van der Waals surface area contributed by atoms with Gasteiger partial charge in [-0.25, -0.2) is 0 Å². The summed E-state index contributed by atoms with van der Waals surface area (Å²) in [4.78, 5) is 29.3. The van der Waals surface area contributed by atoms with E-state index in [1.54, 1.807) is 0 Å². The van der Waals surface area contributed by atoms with Crippen molar-refractivity contribution in [3.8, 4) is 0 Å². The van der Waals surface area contributed by atoms with Gasteiger partial charge in [0.2, 0.25) is 0 Å². The Morgan fingerprint density at radius 1 is 0.857 bits per heavy atom. The monoisotopic (exact) mass is 250 g/mol. The van der Waals surface area contributed by atoms with E-state index >= 15 is 0 Å². The fourth-order valence-corrected chi connectivity index (χ4v) is 0. The van der Waals surface area contributed by atoms with Crippen LogP contribution in [0, 0.1) is 0 Å². The van der Waals surface area contributed by atoms with Crippen molar-refractivity contribution in [2.75, 3.05) is 0 Å². The van der Waals surface area contributed by atoms with E-state index in [1.807, 2.05) is 0 Å². The first kappa shape index (κ1) is 16.1. The third-order valence-electron chi connectivity index (χ3n) is 0. The van der Waals surface area contributed by atoms with Crippen molar-refractivity contribution in [2.45, 2.75) is 0 Å². The molecule has 0 heterocycles. The molecule has 0 unspecified atom stereocenters. The summed E-state index contributed by atoms with van der Waals surface area (Å²) in [6, 6.07) is 0. The van der Waals surface area contributed by atoms with E-state index in [9.17, 15) is 0 Å². The standard InChI is InChI=1S/H4O4Si.Sr.Zn.2H/c1-5(2,3)4;;;;/h1-4H;;;;. The smallest absolute Gasteiger partial charge is 0 e. The molecule has 0 aromatic carbocycles. The van der Waals surface area contributed by atoms with Gasteiger partial charge in [0.1, 0.15) is 0 Å². The van der Waals surface area contributed by atoms with Crippen LogP contribution < -0.4 is 0 Å². The molecule has 0 saturated heterocycles. The van der Waals surface area contributed by atoms with Gasteiger partial charge < -0.3 is 19.2 Å². The van der Waals surface area contributed by atoms with Crippen molar-refractivity contribution in [1.29, 1.82) is 0 Å². The molecule has 4 nitrogen and oxygen atoms in total. The first-order chi connectivity index (χ1) is 2.00. The van der Waals surface area contributed by atoms with Crippen LogP contribution in [0.3, 0.4) is 0 Å². The van der Waals surface area contributed by atoms with Crippen molar-refractivity contribution in [3.05, 3.63) is 0 Å². The Hall–Kier alpha value is 2.16. The molecular formula is H6O4SiSrZn. The van der Waals surface area contributed by atoms with Gasteiger partial charge in [0.05, 0.1) is 0 Å². The van der Waals surface area contributed by atoms with Crippen molar-refractivity contribution in [2.24, 2.45) is 0 Å². The summed E-state index contributed by atoms with van der Waals surface area (Å²) in [5.74, 6) is 0. The van der Waals surface area contributed by atoms with Crippen molar-refractivity contribution in [3.63, 3.8) is 0 Å². The summed E-state index contributed by atoms with van der Waals surface area (Å²) in [5.41, 5.74) is 0. The van der Waals surface area contributed by atoms with Crippen LogP contribution in [0.1, 0.15) is 0 Å². The van der Waals surface area contributed by atoms with Gasteiger partial charge in [0, 0.05) is 19.5 Å². The minimum Gasteiger partial charge on any atom is 0 e. The molecule has 0 spiro atoms. The fourth-order valence-electron chi connectivity index (χ4n) is 0. The van der Waals surface area contributed by atoms with Crippen LogP contribution in [0.5, 0.6) is 0 Å². The summed E-state index contributed by atoms with van der Waals surface area (Å²) in [5, 5.41) is 0. The van der Waals surface area contributed by atoms with Crippen molar-refractivity contribution >= 4 is 54.5 Å². The van der Waals surface area contributed by atoms with E-state index in [0.717, 1.165) is 0 Å². The Morgan fingerprint density at radius 2 is 0.857 bits per heavy atom. The summed E-state index contributed by atoms with van der Waals surface area (Å²) < 4.78 is 0. The average molecular weight is 251 g/mol. The van der Waals surface area contributed by atoms with Crippen LogP contribution in [-0.4, -0.2) is 73.7 Å². The van der Waals surface area contributed by atoms with Crippen LogP contribution in [0.4, 0.5) is 0 Å². The van der Waals surface area contributed by atoms with Gasteiger partial charge in [0.25, 0.3) is 0 Å². The Labute approximate surface area is 91.7 Å². The Kier molecular flexibility index (Phi) is 14.4. The summed E-state index contributed by atoms with van der Waals surface area (Å²) in [6.07, 6.45) is 0. The molecule has 0 rings (SSSR count). The molecule has 0 aliphatic carbocycles. The predicted octanol–water partition coefficient (Wildman–Crippen LogP) is -3.53. The second-order valence-electron chi connectivity index (χ2n) is 0.600. The third-order valence-corrected chi connectivity index (χ3v) is 0. The van der Waals surface area contributed by atoms with E-state index in [2.05, 4.69) is 0 Å². The molecular weight excluding hydrogens is 245 g/mol. The van der Waals surface area contributed by atoms with Gasteiger partial charge in [-0.1, -0.05) is 0 Å². The summed E-state index contributed by atoms with van der Waals surface area (Å²) in [6.45, 7) is 0. The molecule has 7 heteroatoms. The van der Waals surface area contributed by atoms with Crippen molar-refractivity contribution < 1.29 is 38.7 Å². The molecule has 0 atom stereocenters. The molecule has 0 amide bonds. The Morgan fingerprint density at radius 3 is 0.857 bits per heavy atom. The number of rotatable bonds is 0. The van der Waals surface area contributed by atoms with Gasteiger partial charge in [-0.15, -0.1) is 0 Å². The van der Waals surface area contributed by atoms with E-state index in [-0.39, 0.29) is 65.0 Å². The van der Waals surface area contributed by atoms with E-state index < -0.39 is 9.05 Å². The molecule has 0 bridgehead atoms. The van der Waals surface area contributed by atoms with Crippen LogP contribution in [0.25, 0.3) is 0 Å². The van der Waals surface area contributed by atoms with Crippen LogP contribution in [0.15, 0.2) is 0 Å². The molecule has 0 aromatic rings. The maximum atomic E-state index is 7.33. The third kappa shape index (κ3) is 66.3. The largest absolute Gasteiger partial charge is 0 e. The molecule has 38 valence electrons. The van der Waals surface area contributed by atoms with Crippen LogP contribution >= 0.6 is 0 Å². The molecule has 7 heavy (non-hydrogen) atoms. The molecule has 0 radical (unpaired) electrons. The molecule has 0 fully saturated rings. The zero-order valence-corrected chi connectivity index (χ0v) is 6.96. The van der Waals surface area contributed by atoms with Gasteiger partial charge in [-0.05, 0) is 0 Å². The Bertz CT molecular complexity index is 27.2. The second-order valence-corrected chi connectivity index (χ2v) is 1.80. The fraction of sp³-hybridized carbons (Fsp3) is 0. The maximum absolute atomic E-state index is 7.33. The molecule has 0 aromatic heterocycles. The van der Waals surface area contributed by atoms with Crippen molar-refractivity contribution in [1.82, 2.24) is 0 Å². The SMILES string of the molecule is O[Si](O)(O)O.[SrH2].[Zn]. The predicted molar refractivity (Wildman–Crippen MR) is 23.2 cm³/mol. The first-order valence-corrected chi connectivity index (χ1v) is 2.68. The summed E-state index contributed by atoms with van der Waals surface area (Å²) in [7, 11) is -4.61. The van der Waals surface area contributed by atoms with Gasteiger partial charge >= 0.3 is 54.5 Å². The maximum Gasteiger partial charge on any atom is 0 e. The first-order valence-electron chi connectivity index (χ1n) is 0.894. The average Bonchev–Trinajstić information content (AvgIpc) is 0.722.